The van der Waals surface area contributed by atoms with Crippen molar-refractivity contribution in [3.63, 3.8) is 0 Å². The monoisotopic (exact) mass is 332 g/mol. The zero-order valence-electron chi connectivity index (χ0n) is 11.1. The smallest absolute Gasteiger partial charge is 0.135 e. The summed E-state index contributed by atoms with van der Waals surface area (Å²) in [6.07, 6.45) is 6.69. The fourth-order valence-electron chi connectivity index (χ4n) is 2.50. The lowest BCUT2D eigenvalue weighted by atomic mass is 10.2. The minimum Gasteiger partial charge on any atom is -0.367 e. The quantitative estimate of drug-likeness (QED) is 0.874. The van der Waals surface area contributed by atoms with Gasteiger partial charge in [-0.05, 0) is 31.0 Å². The van der Waals surface area contributed by atoms with E-state index in [-0.39, 0.29) is 0 Å². The lowest BCUT2D eigenvalue weighted by Gasteiger charge is -2.13. The molecule has 0 spiro atoms. The van der Waals surface area contributed by atoms with Crippen LogP contribution in [0.5, 0.6) is 0 Å². The molecule has 1 aliphatic carbocycles. The van der Waals surface area contributed by atoms with E-state index >= 15 is 0 Å². The van der Waals surface area contributed by atoms with Crippen LogP contribution in [0, 0.1) is 0 Å². The van der Waals surface area contributed by atoms with Gasteiger partial charge in [0.2, 0.25) is 0 Å². The number of benzene rings is 1. The Kier molecular flexibility index (Phi) is 4.16. The highest BCUT2D eigenvalue weighted by molar-refractivity contribution is 9.10. The van der Waals surface area contributed by atoms with Gasteiger partial charge in [-0.3, -0.25) is 0 Å². The molecule has 0 aliphatic heterocycles. The Bertz CT molecular complexity index is 582. The van der Waals surface area contributed by atoms with Crippen LogP contribution in [-0.4, -0.2) is 16.0 Å². The molecule has 104 valence electrons. The molecule has 0 bridgehead atoms. The second-order valence-corrected chi connectivity index (χ2v) is 5.97. The maximum absolute atomic E-state index is 4.29. The van der Waals surface area contributed by atoms with E-state index in [2.05, 4.69) is 36.5 Å². The van der Waals surface area contributed by atoms with E-state index in [4.69, 9.17) is 0 Å². The largest absolute Gasteiger partial charge is 0.367 e. The molecule has 1 fully saturated rings. The standard InChI is InChI=1S/C15H17BrN4/c16-11-4-3-7-13(8-11)20-15-9-14(17-10-18-15)19-12-5-1-2-6-12/h3-4,7-10,12H,1-2,5-6H2,(H2,17,18,19,20). The predicted molar refractivity (Wildman–Crippen MR) is 85.3 cm³/mol. The molecule has 2 aromatic rings. The summed E-state index contributed by atoms with van der Waals surface area (Å²) in [6.45, 7) is 0. The molecule has 0 radical (unpaired) electrons. The van der Waals surface area contributed by atoms with Crippen LogP contribution in [0.25, 0.3) is 0 Å². The number of rotatable bonds is 4. The van der Waals surface area contributed by atoms with Crippen molar-refractivity contribution in [1.29, 1.82) is 0 Å². The average Bonchev–Trinajstić information content (AvgIpc) is 2.92. The summed E-state index contributed by atoms with van der Waals surface area (Å²) < 4.78 is 1.04. The molecule has 3 rings (SSSR count). The summed E-state index contributed by atoms with van der Waals surface area (Å²) >= 11 is 3.46. The molecule has 1 aromatic carbocycles. The van der Waals surface area contributed by atoms with Gasteiger partial charge >= 0.3 is 0 Å². The second kappa shape index (κ2) is 6.22. The predicted octanol–water partition coefficient (Wildman–Crippen LogP) is 4.34. The molecule has 1 heterocycles. The Morgan fingerprint density at radius 1 is 1.05 bits per heavy atom. The summed E-state index contributed by atoms with van der Waals surface area (Å²) in [5, 5.41) is 6.77. The normalized spacial score (nSPS) is 15.2. The van der Waals surface area contributed by atoms with Crippen molar-refractivity contribution in [2.24, 2.45) is 0 Å². The fraction of sp³-hybridized carbons (Fsp3) is 0.333. The van der Waals surface area contributed by atoms with Gasteiger partial charge in [0.15, 0.2) is 0 Å². The van der Waals surface area contributed by atoms with Crippen LogP contribution in [-0.2, 0) is 0 Å². The molecule has 1 saturated carbocycles. The highest BCUT2D eigenvalue weighted by Crippen LogP contribution is 2.23. The molecule has 0 unspecified atom stereocenters. The van der Waals surface area contributed by atoms with E-state index in [1.165, 1.54) is 25.7 Å². The molecule has 1 aromatic heterocycles. The first-order valence-electron chi connectivity index (χ1n) is 6.91. The Labute approximate surface area is 127 Å². The summed E-state index contributed by atoms with van der Waals surface area (Å²) in [4.78, 5) is 8.55. The highest BCUT2D eigenvalue weighted by atomic mass is 79.9. The molecular formula is C15H17BrN4. The number of aromatic nitrogens is 2. The third-order valence-electron chi connectivity index (χ3n) is 3.47. The number of nitrogens with one attached hydrogen (secondary N) is 2. The van der Waals surface area contributed by atoms with E-state index in [1.807, 2.05) is 30.3 Å². The average molecular weight is 333 g/mol. The summed E-state index contributed by atoms with van der Waals surface area (Å²) in [7, 11) is 0. The van der Waals surface area contributed by atoms with Gasteiger partial charge in [0, 0.05) is 22.3 Å². The number of hydrogen-bond acceptors (Lipinski definition) is 4. The summed E-state index contributed by atoms with van der Waals surface area (Å²) in [6, 6.07) is 10.5. The lowest BCUT2D eigenvalue weighted by molar-refractivity contribution is 0.750. The van der Waals surface area contributed by atoms with Gasteiger partial charge in [0.25, 0.3) is 0 Å². The van der Waals surface area contributed by atoms with Crippen LogP contribution >= 0.6 is 15.9 Å². The van der Waals surface area contributed by atoms with Crippen molar-refractivity contribution in [1.82, 2.24) is 9.97 Å². The molecule has 5 heteroatoms. The zero-order chi connectivity index (χ0) is 13.8. The fourth-order valence-corrected chi connectivity index (χ4v) is 2.90. The second-order valence-electron chi connectivity index (χ2n) is 5.05. The van der Waals surface area contributed by atoms with Gasteiger partial charge in [-0.15, -0.1) is 0 Å². The number of halogens is 1. The van der Waals surface area contributed by atoms with Crippen LogP contribution in [0.15, 0.2) is 41.1 Å². The first kappa shape index (κ1) is 13.4. The molecule has 2 N–H and O–H groups in total. The van der Waals surface area contributed by atoms with Gasteiger partial charge in [-0.2, -0.15) is 0 Å². The van der Waals surface area contributed by atoms with Gasteiger partial charge < -0.3 is 10.6 Å². The van der Waals surface area contributed by atoms with Crippen LogP contribution < -0.4 is 10.6 Å². The Hall–Kier alpha value is -1.62. The van der Waals surface area contributed by atoms with E-state index in [0.29, 0.717) is 6.04 Å². The third kappa shape index (κ3) is 3.48. The molecular weight excluding hydrogens is 316 g/mol. The van der Waals surface area contributed by atoms with Crippen LogP contribution in [0.1, 0.15) is 25.7 Å². The zero-order valence-corrected chi connectivity index (χ0v) is 12.7. The number of nitrogens with zero attached hydrogens (tertiary/aromatic N) is 2. The highest BCUT2D eigenvalue weighted by Gasteiger charge is 2.15. The van der Waals surface area contributed by atoms with Crippen molar-refractivity contribution < 1.29 is 0 Å². The Morgan fingerprint density at radius 2 is 1.85 bits per heavy atom. The molecule has 0 amide bonds. The van der Waals surface area contributed by atoms with Crippen molar-refractivity contribution >= 4 is 33.3 Å². The maximum atomic E-state index is 4.29. The molecule has 0 saturated heterocycles. The third-order valence-corrected chi connectivity index (χ3v) is 3.96. The Balaban J connectivity index is 1.70. The topological polar surface area (TPSA) is 49.8 Å². The van der Waals surface area contributed by atoms with Crippen molar-refractivity contribution in [3.05, 3.63) is 41.1 Å². The van der Waals surface area contributed by atoms with Crippen LogP contribution in [0.3, 0.4) is 0 Å². The minimum atomic E-state index is 0.559. The summed E-state index contributed by atoms with van der Waals surface area (Å²) in [5.41, 5.74) is 1.00. The molecule has 4 nitrogen and oxygen atoms in total. The molecule has 20 heavy (non-hydrogen) atoms. The Morgan fingerprint density at radius 3 is 2.65 bits per heavy atom. The van der Waals surface area contributed by atoms with Crippen molar-refractivity contribution in [2.75, 3.05) is 10.6 Å². The first-order chi connectivity index (χ1) is 9.79. The van der Waals surface area contributed by atoms with Crippen LogP contribution in [0.2, 0.25) is 0 Å². The van der Waals surface area contributed by atoms with Crippen molar-refractivity contribution in [2.45, 2.75) is 31.7 Å². The maximum Gasteiger partial charge on any atom is 0.135 e. The lowest BCUT2D eigenvalue weighted by Crippen LogP contribution is -2.15. The number of anilines is 3. The summed E-state index contributed by atoms with van der Waals surface area (Å²) in [5.74, 6) is 1.70. The molecule has 1 aliphatic rings. The van der Waals surface area contributed by atoms with E-state index in [1.54, 1.807) is 6.33 Å². The van der Waals surface area contributed by atoms with Crippen LogP contribution in [0.4, 0.5) is 17.3 Å². The first-order valence-corrected chi connectivity index (χ1v) is 7.70. The minimum absolute atomic E-state index is 0.559. The van der Waals surface area contributed by atoms with Gasteiger partial charge in [-0.25, -0.2) is 9.97 Å². The van der Waals surface area contributed by atoms with E-state index < -0.39 is 0 Å². The van der Waals surface area contributed by atoms with Gasteiger partial charge in [-0.1, -0.05) is 34.8 Å². The molecule has 0 atom stereocenters. The number of hydrogen-bond donors (Lipinski definition) is 2. The van der Waals surface area contributed by atoms with Crippen molar-refractivity contribution in [3.8, 4) is 0 Å². The SMILES string of the molecule is Brc1cccc(Nc2cc(NC3CCCC3)ncn2)c1. The van der Waals surface area contributed by atoms with Gasteiger partial charge in [0.05, 0.1) is 0 Å². The van der Waals surface area contributed by atoms with Gasteiger partial charge in [0.1, 0.15) is 18.0 Å². The van der Waals surface area contributed by atoms with E-state index in [9.17, 15) is 0 Å². The van der Waals surface area contributed by atoms with E-state index in [0.717, 1.165) is 21.8 Å².